The van der Waals surface area contributed by atoms with Crippen LogP contribution in [0.1, 0.15) is 45.1 Å². The number of allylic oxidation sites excluding steroid dienone is 2. The van der Waals surface area contributed by atoms with E-state index in [0.717, 1.165) is 35.1 Å². The largest absolute Gasteiger partial charge is 0.493 e. The van der Waals surface area contributed by atoms with Crippen LogP contribution in [0.2, 0.25) is 0 Å². The van der Waals surface area contributed by atoms with Gasteiger partial charge in [0.1, 0.15) is 5.75 Å². The number of pyridine rings is 1. The van der Waals surface area contributed by atoms with Crippen molar-refractivity contribution in [3.63, 3.8) is 0 Å². The molecule has 0 N–H and O–H groups in total. The van der Waals surface area contributed by atoms with Crippen molar-refractivity contribution >= 4 is 21.6 Å². The summed E-state index contributed by atoms with van der Waals surface area (Å²) in [5, 5.41) is 8.26. The molecule has 122 valence electrons. The highest BCUT2D eigenvalue weighted by molar-refractivity contribution is 9.10. The maximum atomic E-state index is 6.32. The third-order valence-corrected chi connectivity index (χ3v) is 5.82. The van der Waals surface area contributed by atoms with Gasteiger partial charge in [-0.25, -0.2) is 0 Å². The second kappa shape index (κ2) is 5.62. The topological polar surface area (TPSA) is 39.4 Å². The summed E-state index contributed by atoms with van der Waals surface area (Å²) in [6.45, 7) is 5.32. The zero-order valence-corrected chi connectivity index (χ0v) is 15.3. The Bertz CT molecular complexity index is 782. The molecule has 0 saturated heterocycles. The summed E-state index contributed by atoms with van der Waals surface area (Å²) in [6, 6.07) is 2.02. The standard InChI is InChI=1S/C18H22BrN3O/c1-3-14-10-22-16(20-21-17(22)19)7-15(14)23-11-18-5-4-13(9-18)6-12(2)8-18/h4,7,10,12H,3,5-6,8-9,11H2,1-2H3. The van der Waals surface area contributed by atoms with Crippen molar-refractivity contribution in [1.29, 1.82) is 0 Å². The monoisotopic (exact) mass is 375 g/mol. The van der Waals surface area contributed by atoms with Crippen molar-refractivity contribution in [2.24, 2.45) is 11.3 Å². The van der Waals surface area contributed by atoms with E-state index in [0.29, 0.717) is 5.41 Å². The van der Waals surface area contributed by atoms with Crippen LogP contribution in [-0.4, -0.2) is 21.2 Å². The van der Waals surface area contributed by atoms with Crippen LogP contribution in [0, 0.1) is 11.3 Å². The van der Waals surface area contributed by atoms with E-state index >= 15 is 0 Å². The van der Waals surface area contributed by atoms with Crippen molar-refractivity contribution in [3.05, 3.63) is 34.2 Å². The molecule has 2 bridgehead atoms. The van der Waals surface area contributed by atoms with E-state index in [1.165, 1.54) is 31.2 Å². The van der Waals surface area contributed by atoms with E-state index in [2.05, 4.69) is 52.2 Å². The molecule has 2 aliphatic carbocycles. The lowest BCUT2D eigenvalue weighted by Gasteiger charge is -2.36. The first-order valence-electron chi connectivity index (χ1n) is 8.42. The minimum absolute atomic E-state index is 0.318. The molecule has 1 saturated carbocycles. The Kier molecular flexibility index (Phi) is 3.71. The van der Waals surface area contributed by atoms with Crippen molar-refractivity contribution in [3.8, 4) is 5.75 Å². The van der Waals surface area contributed by atoms with Crippen molar-refractivity contribution in [1.82, 2.24) is 14.6 Å². The fourth-order valence-corrected chi connectivity index (χ4v) is 4.65. The summed E-state index contributed by atoms with van der Waals surface area (Å²) in [6.07, 6.45) is 10.4. The van der Waals surface area contributed by atoms with Gasteiger partial charge in [-0.3, -0.25) is 4.40 Å². The van der Waals surface area contributed by atoms with E-state index in [-0.39, 0.29) is 0 Å². The van der Waals surface area contributed by atoms with Gasteiger partial charge in [0.2, 0.25) is 4.73 Å². The SMILES string of the molecule is CCc1cn2c(Br)nnc2cc1OCC12CC=C(CC(C)C1)C2. The number of ether oxygens (including phenoxy) is 1. The Morgan fingerprint density at radius 3 is 3.13 bits per heavy atom. The molecule has 0 amide bonds. The first kappa shape index (κ1) is 15.2. The van der Waals surface area contributed by atoms with Gasteiger partial charge in [-0.15, -0.1) is 10.2 Å². The Morgan fingerprint density at radius 2 is 2.30 bits per heavy atom. The Labute approximate surface area is 145 Å². The quantitative estimate of drug-likeness (QED) is 0.734. The van der Waals surface area contributed by atoms with Gasteiger partial charge >= 0.3 is 0 Å². The van der Waals surface area contributed by atoms with Crippen LogP contribution in [0.25, 0.3) is 5.65 Å². The normalized spacial score (nSPS) is 26.6. The zero-order valence-electron chi connectivity index (χ0n) is 13.7. The molecule has 2 unspecified atom stereocenters. The van der Waals surface area contributed by atoms with E-state index in [9.17, 15) is 0 Å². The van der Waals surface area contributed by atoms with Crippen LogP contribution in [0.3, 0.4) is 0 Å². The average Bonchev–Trinajstić information content (AvgIpc) is 3.05. The molecule has 0 spiro atoms. The predicted molar refractivity (Wildman–Crippen MR) is 93.7 cm³/mol. The highest BCUT2D eigenvalue weighted by atomic mass is 79.9. The summed E-state index contributed by atoms with van der Waals surface area (Å²) >= 11 is 3.43. The molecule has 2 aromatic heterocycles. The van der Waals surface area contributed by atoms with Crippen LogP contribution >= 0.6 is 15.9 Å². The summed E-state index contributed by atoms with van der Waals surface area (Å²) in [5.74, 6) is 1.74. The van der Waals surface area contributed by atoms with Gasteiger partial charge in [-0.2, -0.15) is 0 Å². The molecule has 2 heterocycles. The van der Waals surface area contributed by atoms with Gasteiger partial charge in [-0.1, -0.05) is 25.5 Å². The van der Waals surface area contributed by atoms with Crippen LogP contribution in [0.5, 0.6) is 5.75 Å². The summed E-state index contributed by atoms with van der Waals surface area (Å²) in [5.41, 5.74) is 3.98. The minimum Gasteiger partial charge on any atom is -0.493 e. The van der Waals surface area contributed by atoms with Crippen molar-refractivity contribution < 1.29 is 4.74 Å². The van der Waals surface area contributed by atoms with E-state index in [1.54, 1.807) is 5.57 Å². The molecule has 0 aromatic carbocycles. The van der Waals surface area contributed by atoms with E-state index in [1.807, 2.05) is 10.5 Å². The number of aryl methyl sites for hydroxylation is 1. The van der Waals surface area contributed by atoms with E-state index < -0.39 is 0 Å². The number of halogens is 1. The fraction of sp³-hybridized carbons (Fsp3) is 0.556. The molecule has 2 atom stereocenters. The molecule has 4 nitrogen and oxygen atoms in total. The van der Waals surface area contributed by atoms with Gasteiger partial charge in [0.15, 0.2) is 5.65 Å². The van der Waals surface area contributed by atoms with Gasteiger partial charge in [0.05, 0.1) is 6.61 Å². The lowest BCUT2D eigenvalue weighted by Crippen LogP contribution is -2.31. The Morgan fingerprint density at radius 1 is 1.43 bits per heavy atom. The zero-order chi connectivity index (χ0) is 16.0. The fourth-order valence-electron chi connectivity index (χ4n) is 4.29. The second-order valence-electron chi connectivity index (χ2n) is 7.26. The molecule has 2 aliphatic rings. The van der Waals surface area contributed by atoms with Crippen LogP contribution in [0.15, 0.2) is 28.6 Å². The number of aromatic nitrogens is 3. The molecule has 5 heteroatoms. The van der Waals surface area contributed by atoms with Crippen LogP contribution in [0.4, 0.5) is 0 Å². The molecule has 0 radical (unpaired) electrons. The first-order valence-corrected chi connectivity index (χ1v) is 9.22. The Balaban J connectivity index is 1.58. The number of hydrogen-bond donors (Lipinski definition) is 0. The molecular weight excluding hydrogens is 354 g/mol. The first-order chi connectivity index (χ1) is 11.1. The molecule has 4 rings (SSSR count). The third-order valence-electron chi connectivity index (χ3n) is 5.27. The molecule has 23 heavy (non-hydrogen) atoms. The lowest BCUT2D eigenvalue weighted by molar-refractivity contribution is 0.110. The van der Waals surface area contributed by atoms with Crippen LogP contribution in [-0.2, 0) is 6.42 Å². The number of fused-ring (bicyclic) bond motifs is 3. The molecule has 1 fully saturated rings. The van der Waals surface area contributed by atoms with Crippen molar-refractivity contribution in [2.45, 2.75) is 46.0 Å². The lowest BCUT2D eigenvalue weighted by atomic mass is 9.72. The molecular formula is C18H22BrN3O. The summed E-state index contributed by atoms with van der Waals surface area (Å²) in [4.78, 5) is 0. The van der Waals surface area contributed by atoms with Crippen LogP contribution < -0.4 is 4.74 Å². The second-order valence-corrected chi connectivity index (χ2v) is 7.97. The maximum Gasteiger partial charge on any atom is 0.204 e. The van der Waals surface area contributed by atoms with Gasteiger partial charge in [-0.05, 0) is 54.0 Å². The average molecular weight is 376 g/mol. The smallest absolute Gasteiger partial charge is 0.204 e. The summed E-state index contributed by atoms with van der Waals surface area (Å²) in [7, 11) is 0. The number of nitrogens with zero attached hydrogens (tertiary/aromatic N) is 3. The Hall–Kier alpha value is -1.36. The third kappa shape index (κ3) is 2.69. The highest BCUT2D eigenvalue weighted by Crippen LogP contribution is 2.50. The maximum absolute atomic E-state index is 6.32. The molecule has 0 aliphatic heterocycles. The minimum atomic E-state index is 0.318. The number of rotatable bonds is 4. The van der Waals surface area contributed by atoms with Gasteiger partial charge in [0, 0.05) is 23.2 Å². The summed E-state index contributed by atoms with van der Waals surface area (Å²) < 4.78 is 9.02. The predicted octanol–water partition coefficient (Wildman–Crippen LogP) is 4.57. The van der Waals surface area contributed by atoms with E-state index in [4.69, 9.17) is 4.74 Å². The molecule has 2 aromatic rings. The highest BCUT2D eigenvalue weighted by Gasteiger charge is 2.40. The number of hydrogen-bond acceptors (Lipinski definition) is 3. The van der Waals surface area contributed by atoms with Crippen molar-refractivity contribution in [2.75, 3.05) is 6.61 Å². The van der Waals surface area contributed by atoms with Gasteiger partial charge < -0.3 is 4.74 Å². The van der Waals surface area contributed by atoms with Gasteiger partial charge in [0.25, 0.3) is 0 Å².